The highest BCUT2D eigenvalue weighted by Gasteiger charge is 2.14. The summed E-state index contributed by atoms with van der Waals surface area (Å²) in [5, 5.41) is 0. The monoisotopic (exact) mass is 202 g/mol. The smallest absolute Gasteiger partial charge is 0.226 e. The quantitative estimate of drug-likeness (QED) is 0.498. The zero-order chi connectivity index (χ0) is 11.4. The zero-order valence-electron chi connectivity index (χ0n) is 9.63. The molecule has 0 fully saturated rings. The van der Waals surface area contributed by atoms with Gasteiger partial charge < -0.3 is 0 Å². The third-order valence-corrected chi connectivity index (χ3v) is 1.68. The number of carbonyl (C=O) groups excluding carboxylic acids is 2. The molecule has 0 aliphatic heterocycles. The third kappa shape index (κ3) is 5.66. The van der Waals surface area contributed by atoms with Gasteiger partial charge in [-0.05, 0) is 0 Å². The van der Waals surface area contributed by atoms with Crippen LogP contribution in [-0.2, 0) is 9.59 Å². The van der Waals surface area contributed by atoms with Gasteiger partial charge in [-0.1, -0.05) is 0 Å². The number of amides is 2. The lowest BCUT2D eigenvalue weighted by Gasteiger charge is -2.25. The Bertz CT molecular complexity index is 207. The highest BCUT2D eigenvalue weighted by molar-refractivity contribution is 5.92. The van der Waals surface area contributed by atoms with E-state index in [1.54, 1.807) is 0 Å². The van der Waals surface area contributed by atoms with Crippen molar-refractivity contribution in [1.82, 2.24) is 10.3 Å². The van der Waals surface area contributed by atoms with E-state index < -0.39 is 0 Å². The summed E-state index contributed by atoms with van der Waals surface area (Å²) in [5.74, 6) is -0.415. The summed E-state index contributed by atoms with van der Waals surface area (Å²) >= 11 is 0. The van der Waals surface area contributed by atoms with Crippen molar-refractivity contribution in [2.75, 3.05) is 34.2 Å². The maximum atomic E-state index is 11.0. The molecule has 0 saturated carbocycles. The molecular weight excluding hydrogens is 182 g/mol. The topological polar surface area (TPSA) is 49.4 Å². The molecule has 0 aromatic heterocycles. The molecule has 5 nitrogen and oxygen atoms in total. The fraction of sp³-hybridized carbons (Fsp3) is 0.778. The van der Waals surface area contributed by atoms with Crippen molar-refractivity contribution < 1.29 is 14.2 Å². The van der Waals surface area contributed by atoms with Crippen molar-refractivity contribution in [2.45, 2.75) is 13.8 Å². The first kappa shape index (κ1) is 13.1. The molecule has 0 aliphatic rings. The number of quaternary nitrogens is 1. The van der Waals surface area contributed by atoms with Gasteiger partial charge in [-0.2, -0.15) is 5.43 Å². The maximum Gasteiger partial charge on any atom is 0.226 e. The molecule has 0 spiro atoms. The predicted molar refractivity (Wildman–Crippen MR) is 54.1 cm³/mol. The molecule has 0 aromatic carbocycles. The van der Waals surface area contributed by atoms with Crippen molar-refractivity contribution >= 4 is 11.8 Å². The standard InChI is InChI=1S/C9H20N3O2/c1-8(13)11(9(2)14)7-6-10-12(3,4)5/h10H,6-7H2,1-5H3/q+1. The molecule has 0 bridgehead atoms. The number of rotatable bonds is 4. The molecule has 5 heteroatoms. The van der Waals surface area contributed by atoms with Gasteiger partial charge in [0.25, 0.3) is 0 Å². The molecule has 0 aliphatic carbocycles. The first-order chi connectivity index (χ1) is 6.24. The van der Waals surface area contributed by atoms with Gasteiger partial charge in [0, 0.05) is 20.4 Å². The SMILES string of the molecule is CC(=O)N(CCN[N+](C)(C)C)C(C)=O. The third-order valence-electron chi connectivity index (χ3n) is 1.68. The van der Waals surface area contributed by atoms with E-state index in [9.17, 15) is 9.59 Å². The van der Waals surface area contributed by atoms with E-state index >= 15 is 0 Å². The Hall–Kier alpha value is -0.940. The van der Waals surface area contributed by atoms with Crippen LogP contribution in [-0.4, -0.2) is 55.5 Å². The normalized spacial score (nSPS) is 11.2. The number of nitrogens with one attached hydrogen (secondary N) is 1. The van der Waals surface area contributed by atoms with Crippen molar-refractivity contribution in [3.05, 3.63) is 0 Å². The van der Waals surface area contributed by atoms with E-state index in [0.717, 1.165) is 0 Å². The molecule has 0 atom stereocenters. The number of hydrogen-bond acceptors (Lipinski definition) is 3. The Morgan fingerprint density at radius 3 is 1.86 bits per heavy atom. The fourth-order valence-corrected chi connectivity index (χ4v) is 1.03. The molecule has 14 heavy (non-hydrogen) atoms. The summed E-state index contributed by atoms with van der Waals surface area (Å²) in [4.78, 5) is 23.3. The van der Waals surface area contributed by atoms with Crippen LogP contribution in [0.5, 0.6) is 0 Å². The van der Waals surface area contributed by atoms with Gasteiger partial charge in [0.2, 0.25) is 11.8 Å². The van der Waals surface area contributed by atoms with Crippen LogP contribution < -0.4 is 5.43 Å². The highest BCUT2D eigenvalue weighted by atomic mass is 16.2. The van der Waals surface area contributed by atoms with Gasteiger partial charge in [0.15, 0.2) is 0 Å². The first-order valence-electron chi connectivity index (χ1n) is 4.59. The molecule has 0 radical (unpaired) electrons. The Balaban J connectivity index is 3.97. The number of imide groups is 1. The van der Waals surface area contributed by atoms with Gasteiger partial charge in [-0.25, -0.2) is 0 Å². The Labute approximate surface area is 85.2 Å². The van der Waals surface area contributed by atoms with Crippen LogP contribution in [0.1, 0.15) is 13.8 Å². The largest absolute Gasteiger partial charge is 0.282 e. The molecule has 0 aromatic rings. The van der Waals surface area contributed by atoms with E-state index in [4.69, 9.17) is 0 Å². The second-order valence-corrected chi connectivity index (χ2v) is 4.11. The molecule has 0 saturated heterocycles. The summed E-state index contributed by atoms with van der Waals surface area (Å²) in [6.45, 7) is 3.81. The van der Waals surface area contributed by atoms with E-state index in [1.165, 1.54) is 18.7 Å². The average molecular weight is 202 g/mol. The Kier molecular flexibility index (Phi) is 4.73. The minimum atomic E-state index is -0.208. The predicted octanol–water partition coefficient (Wildman–Crippen LogP) is -0.408. The van der Waals surface area contributed by atoms with Crippen LogP contribution in [0.3, 0.4) is 0 Å². The van der Waals surface area contributed by atoms with Crippen molar-refractivity contribution in [1.29, 1.82) is 0 Å². The second-order valence-electron chi connectivity index (χ2n) is 4.11. The zero-order valence-corrected chi connectivity index (χ0v) is 9.63. The van der Waals surface area contributed by atoms with Crippen LogP contribution in [0, 0.1) is 0 Å². The molecule has 1 N–H and O–H groups in total. The molecule has 82 valence electrons. The number of carbonyl (C=O) groups is 2. The van der Waals surface area contributed by atoms with E-state index in [0.29, 0.717) is 17.7 Å². The fourth-order valence-electron chi connectivity index (χ4n) is 1.03. The molecular formula is C9H20N3O2+. The highest BCUT2D eigenvalue weighted by Crippen LogP contribution is 1.90. The van der Waals surface area contributed by atoms with Crippen LogP contribution in [0.25, 0.3) is 0 Å². The second kappa shape index (κ2) is 5.07. The minimum Gasteiger partial charge on any atom is -0.282 e. The lowest BCUT2D eigenvalue weighted by molar-refractivity contribution is -0.915. The summed E-state index contributed by atoms with van der Waals surface area (Å²) in [5.41, 5.74) is 3.15. The van der Waals surface area contributed by atoms with Gasteiger partial charge in [-0.3, -0.25) is 19.1 Å². The summed E-state index contributed by atoms with van der Waals surface area (Å²) in [6.07, 6.45) is 0. The summed E-state index contributed by atoms with van der Waals surface area (Å²) < 4.78 is 0.601. The summed E-state index contributed by atoms with van der Waals surface area (Å²) in [7, 11) is 5.93. The van der Waals surface area contributed by atoms with Crippen LogP contribution in [0.4, 0.5) is 0 Å². The molecule has 0 rings (SSSR count). The molecule has 0 unspecified atom stereocenters. The van der Waals surface area contributed by atoms with Gasteiger partial charge >= 0.3 is 0 Å². The number of nitrogens with zero attached hydrogens (tertiary/aromatic N) is 2. The minimum absolute atomic E-state index is 0.208. The Morgan fingerprint density at radius 1 is 1.14 bits per heavy atom. The molecule has 0 heterocycles. The lowest BCUT2D eigenvalue weighted by Crippen LogP contribution is -2.51. The van der Waals surface area contributed by atoms with Gasteiger partial charge in [0.05, 0.1) is 27.7 Å². The van der Waals surface area contributed by atoms with Crippen LogP contribution in [0.2, 0.25) is 0 Å². The van der Waals surface area contributed by atoms with Crippen LogP contribution >= 0.6 is 0 Å². The lowest BCUT2D eigenvalue weighted by atomic mass is 10.4. The maximum absolute atomic E-state index is 11.0. The van der Waals surface area contributed by atoms with Crippen LogP contribution in [0.15, 0.2) is 0 Å². The van der Waals surface area contributed by atoms with Gasteiger partial charge in [-0.15, -0.1) is 0 Å². The average Bonchev–Trinajstić information content (AvgIpc) is 1.94. The van der Waals surface area contributed by atoms with Crippen molar-refractivity contribution in [3.63, 3.8) is 0 Å². The van der Waals surface area contributed by atoms with E-state index in [2.05, 4.69) is 5.43 Å². The molecule has 2 amide bonds. The summed E-state index contributed by atoms with van der Waals surface area (Å²) in [6, 6.07) is 0. The van der Waals surface area contributed by atoms with Crippen molar-refractivity contribution in [2.24, 2.45) is 0 Å². The van der Waals surface area contributed by atoms with Gasteiger partial charge in [0.1, 0.15) is 0 Å². The number of hydrogen-bond donors (Lipinski definition) is 1. The Morgan fingerprint density at radius 2 is 1.57 bits per heavy atom. The van der Waals surface area contributed by atoms with Crippen molar-refractivity contribution in [3.8, 4) is 0 Å². The first-order valence-corrected chi connectivity index (χ1v) is 4.59. The van der Waals surface area contributed by atoms with E-state index in [-0.39, 0.29) is 11.8 Å². The van der Waals surface area contributed by atoms with E-state index in [1.807, 2.05) is 21.1 Å².